The highest BCUT2D eigenvalue weighted by molar-refractivity contribution is 6.00. The van der Waals surface area contributed by atoms with Crippen molar-refractivity contribution in [2.75, 3.05) is 47.6 Å². The van der Waals surface area contributed by atoms with Crippen molar-refractivity contribution in [3.8, 4) is 23.5 Å². The SMILES string of the molecule is C#C[C@@]1(OC)C[C@@H](C)/C(=N\O[C@@H]2CCCNC2)[C@H](C)[C@@H](O)[C@](C)(O)[C@@H](CC)OC(=O)[C@H](C)C(=O)[C@H](C)[C@H]1O[C@@H]1O[C@H](C)C[C@H](N(C)CCc2cn([C@H](CF)[C@H](OC)c3ccc(-c4cccnc4)cc3)nn2)[C@H]1O. The van der Waals surface area contributed by atoms with Crippen molar-refractivity contribution in [2.24, 2.45) is 28.8 Å². The minimum Gasteiger partial charge on any atom is -0.459 e. The third kappa shape index (κ3) is 13.2. The highest BCUT2D eigenvalue weighted by atomic mass is 19.1. The van der Waals surface area contributed by atoms with Crippen molar-refractivity contribution >= 4 is 17.5 Å². The van der Waals surface area contributed by atoms with Gasteiger partial charge in [-0.1, -0.05) is 74.3 Å². The first-order valence-corrected chi connectivity index (χ1v) is 25.6. The van der Waals surface area contributed by atoms with Crippen molar-refractivity contribution in [1.82, 2.24) is 30.2 Å². The van der Waals surface area contributed by atoms with E-state index in [1.807, 2.05) is 62.2 Å². The molecule has 402 valence electrons. The number of Topliss-reactive ketones (excluding diaryl/α,β-unsaturated/α-hetero) is 1. The van der Waals surface area contributed by atoms with Gasteiger partial charge in [0, 0.05) is 76.1 Å². The number of esters is 1. The smallest absolute Gasteiger partial charge is 0.316 e. The van der Waals surface area contributed by atoms with Crippen LogP contribution in [-0.2, 0) is 44.5 Å². The molecule has 1 aromatic carbocycles. The standard InChI is InChI=1S/C54H78FN7O11/c1-12-44-53(8,67)49(65)34(5)45(59-73-41-17-15-24-57-30-41)32(3)27-54(13-2,69-11)50(35(6)46(63)36(7)51(66)71-44)72-52-47(64)42(26-33(4)70-52)61(9)25-22-40-31-62(60-58-40)43(28-55)48(68-10)38-20-18-37(19-21-38)39-16-14-23-56-29-39/h2,14,16,18-21,23,29,31-36,41-44,47-50,52,57,64-65,67H,12,15,17,22,24-28,30H2,1,3-11H3/b59-45+/t32-,33-,34+,35+,36-,41-,42+,43-,44-,47-,48-,49-,50-,52+,53-,54-/m1/s1. The summed E-state index contributed by atoms with van der Waals surface area (Å²) in [4.78, 5) is 40.7. The van der Waals surface area contributed by atoms with E-state index in [0.29, 0.717) is 37.3 Å². The number of nitrogens with zero attached hydrogens (tertiary/aromatic N) is 6. The van der Waals surface area contributed by atoms with E-state index in [0.717, 1.165) is 36.1 Å². The van der Waals surface area contributed by atoms with Gasteiger partial charge in [-0.3, -0.25) is 14.6 Å². The second kappa shape index (κ2) is 25.7. The molecular weight excluding hydrogens is 942 g/mol. The average Bonchev–Trinajstić information content (AvgIpc) is 3.88. The van der Waals surface area contributed by atoms with Crippen LogP contribution in [0.3, 0.4) is 0 Å². The Balaban J connectivity index is 1.24. The van der Waals surface area contributed by atoms with Crippen molar-refractivity contribution in [1.29, 1.82) is 0 Å². The number of likely N-dealkylation sites (N-methyl/N-ethyl adjacent to an activating group) is 1. The lowest BCUT2D eigenvalue weighted by Gasteiger charge is -2.47. The zero-order valence-electron chi connectivity index (χ0n) is 44.1. The third-order valence-electron chi connectivity index (χ3n) is 15.3. The van der Waals surface area contributed by atoms with Gasteiger partial charge in [0.25, 0.3) is 0 Å². The first-order chi connectivity index (χ1) is 34.8. The molecule has 4 N–H and O–H groups in total. The lowest BCUT2D eigenvalue weighted by Crippen LogP contribution is -2.60. The summed E-state index contributed by atoms with van der Waals surface area (Å²) in [5.41, 5.74) is -0.0437. The molecule has 3 saturated heterocycles. The van der Waals surface area contributed by atoms with E-state index in [1.165, 1.54) is 32.7 Å². The molecule has 0 radical (unpaired) electrons. The van der Waals surface area contributed by atoms with E-state index in [9.17, 15) is 29.3 Å². The number of aliphatic hydroxyl groups excluding tert-OH is 2. The number of nitrogens with one attached hydrogen (secondary N) is 1. The number of piperidine rings is 1. The molecule has 6 rings (SSSR count). The number of hydrogen-bond acceptors (Lipinski definition) is 17. The average molecular weight is 1020 g/mol. The number of rotatable bonds is 16. The van der Waals surface area contributed by atoms with Gasteiger partial charge in [-0.25, -0.2) is 9.07 Å². The maximum absolute atomic E-state index is 14.9. The summed E-state index contributed by atoms with van der Waals surface area (Å²) in [6, 6.07) is 10.2. The number of ketones is 1. The zero-order valence-corrected chi connectivity index (χ0v) is 44.1. The van der Waals surface area contributed by atoms with Crippen LogP contribution >= 0.6 is 0 Å². The zero-order chi connectivity index (χ0) is 53.2. The summed E-state index contributed by atoms with van der Waals surface area (Å²) in [6.07, 6.45) is 6.19. The van der Waals surface area contributed by atoms with Crippen molar-refractivity contribution in [3.05, 3.63) is 66.2 Å². The summed E-state index contributed by atoms with van der Waals surface area (Å²) in [5, 5.41) is 52.7. The number of methoxy groups -OCH3 is 2. The van der Waals surface area contributed by atoms with Crippen LogP contribution in [0.15, 0.2) is 60.1 Å². The number of cyclic esters (lactones) is 1. The number of alkyl halides is 1. The number of oxime groups is 1. The van der Waals surface area contributed by atoms with Crippen LogP contribution in [0.2, 0.25) is 0 Å². The maximum Gasteiger partial charge on any atom is 0.316 e. The first-order valence-electron chi connectivity index (χ1n) is 25.6. The predicted octanol–water partition coefficient (Wildman–Crippen LogP) is 5.06. The lowest BCUT2D eigenvalue weighted by atomic mass is 9.73. The Hall–Kier alpha value is -4.75. The Morgan fingerprint density at radius 2 is 1.84 bits per heavy atom. The predicted molar refractivity (Wildman–Crippen MR) is 270 cm³/mol. The van der Waals surface area contributed by atoms with E-state index in [1.54, 1.807) is 39.4 Å². The first kappa shape index (κ1) is 57.5. The molecule has 0 bridgehead atoms. The Morgan fingerprint density at radius 1 is 1.10 bits per heavy atom. The quantitative estimate of drug-likeness (QED) is 0.0638. The lowest BCUT2D eigenvalue weighted by molar-refractivity contribution is -0.291. The Bertz CT molecular complexity index is 2310. The van der Waals surface area contributed by atoms with Crippen LogP contribution in [0.25, 0.3) is 11.1 Å². The van der Waals surface area contributed by atoms with E-state index in [4.69, 9.17) is 34.9 Å². The number of aliphatic hydroxyl groups is 3. The van der Waals surface area contributed by atoms with Crippen molar-refractivity contribution in [2.45, 2.75) is 159 Å². The minimum atomic E-state index is -1.97. The molecule has 3 aliphatic rings. The van der Waals surface area contributed by atoms with Gasteiger partial charge in [0.2, 0.25) is 0 Å². The molecule has 19 heteroatoms. The molecule has 16 atom stereocenters. The second-order valence-electron chi connectivity index (χ2n) is 20.5. The highest BCUT2D eigenvalue weighted by Crippen LogP contribution is 2.39. The largest absolute Gasteiger partial charge is 0.459 e. The van der Waals surface area contributed by atoms with Crippen molar-refractivity contribution in [3.63, 3.8) is 0 Å². The van der Waals surface area contributed by atoms with Gasteiger partial charge in [-0.2, -0.15) is 0 Å². The van der Waals surface area contributed by atoms with Crippen LogP contribution in [0.1, 0.15) is 104 Å². The summed E-state index contributed by atoms with van der Waals surface area (Å²) in [5.74, 6) is -2.70. The van der Waals surface area contributed by atoms with E-state index in [-0.39, 0.29) is 18.9 Å². The van der Waals surface area contributed by atoms with Gasteiger partial charge in [0.1, 0.15) is 54.8 Å². The van der Waals surface area contributed by atoms with Crippen LogP contribution in [0.5, 0.6) is 0 Å². The Morgan fingerprint density at radius 3 is 2.45 bits per heavy atom. The summed E-state index contributed by atoms with van der Waals surface area (Å²) in [6.45, 7) is 12.6. The molecule has 0 spiro atoms. The van der Waals surface area contributed by atoms with Crippen LogP contribution in [0, 0.1) is 36.0 Å². The number of pyridine rings is 1. The molecule has 0 saturated carbocycles. The van der Waals surface area contributed by atoms with E-state index >= 15 is 0 Å². The van der Waals surface area contributed by atoms with Crippen LogP contribution in [-0.4, -0.2) is 165 Å². The van der Waals surface area contributed by atoms with Crippen LogP contribution in [0.4, 0.5) is 4.39 Å². The number of ether oxygens (including phenoxy) is 5. The fraction of sp³-hybridized carbons (Fsp3) is 0.667. The minimum absolute atomic E-state index is 0.0299. The molecule has 0 unspecified atom stereocenters. The molecule has 3 aliphatic heterocycles. The van der Waals surface area contributed by atoms with E-state index in [2.05, 4.69) is 31.7 Å². The van der Waals surface area contributed by atoms with Gasteiger partial charge in [0.05, 0.1) is 23.6 Å². The molecule has 5 heterocycles. The molecule has 3 fully saturated rings. The fourth-order valence-electron chi connectivity index (χ4n) is 10.7. The summed E-state index contributed by atoms with van der Waals surface area (Å²) < 4.78 is 47.4. The second-order valence-corrected chi connectivity index (χ2v) is 20.5. The number of carbonyl (C=O) groups excluding carboxylic acids is 2. The monoisotopic (exact) mass is 1020 g/mol. The molecule has 73 heavy (non-hydrogen) atoms. The topological polar surface area (TPSA) is 221 Å². The molecular formula is C54H78FN7O11. The van der Waals surface area contributed by atoms with Gasteiger partial charge < -0.3 is 54.1 Å². The summed E-state index contributed by atoms with van der Waals surface area (Å²) >= 11 is 0. The Labute approximate surface area is 429 Å². The molecule has 0 amide bonds. The molecule has 2 aromatic heterocycles. The van der Waals surface area contributed by atoms with Crippen molar-refractivity contribution < 1.29 is 57.8 Å². The number of halogens is 1. The fourth-order valence-corrected chi connectivity index (χ4v) is 10.7. The molecule has 0 aliphatic carbocycles. The summed E-state index contributed by atoms with van der Waals surface area (Å²) in [7, 11) is 4.80. The number of carbonyl (C=O) groups is 2. The normalized spacial score (nSPS) is 34.4. The highest BCUT2D eigenvalue weighted by Gasteiger charge is 2.53. The van der Waals surface area contributed by atoms with Gasteiger partial charge in [0.15, 0.2) is 17.7 Å². The molecule has 3 aromatic rings. The number of hydrogen-bond donors (Lipinski definition) is 4. The third-order valence-corrected chi connectivity index (χ3v) is 15.3. The van der Waals surface area contributed by atoms with Gasteiger partial charge in [-0.05, 0) is 89.2 Å². The number of benzene rings is 1. The van der Waals surface area contributed by atoms with Gasteiger partial charge >= 0.3 is 5.97 Å². The molecule has 18 nitrogen and oxygen atoms in total. The van der Waals surface area contributed by atoms with Crippen LogP contribution < -0.4 is 5.32 Å². The number of terminal acetylenes is 1. The van der Waals surface area contributed by atoms with E-state index < -0.39 is 108 Å². The maximum atomic E-state index is 14.9. The number of aromatic nitrogens is 4. The van der Waals surface area contributed by atoms with Gasteiger partial charge in [-0.15, -0.1) is 11.5 Å². The Kier molecular flexibility index (Phi) is 20.2.